The second-order valence-electron chi connectivity index (χ2n) is 5.12. The number of aryl methyl sites for hydroxylation is 1. The number of rotatable bonds is 3. The van der Waals surface area contributed by atoms with Crippen molar-refractivity contribution in [1.82, 2.24) is 9.78 Å². The number of hydrogen-bond donors (Lipinski definition) is 3. The lowest BCUT2D eigenvalue weighted by Gasteiger charge is -2.28. The molecule has 2 aromatic rings. The van der Waals surface area contributed by atoms with Gasteiger partial charge in [-0.05, 0) is 23.6 Å². The van der Waals surface area contributed by atoms with E-state index in [1.165, 1.54) is 0 Å². The van der Waals surface area contributed by atoms with Crippen LogP contribution in [0.2, 0.25) is 0 Å². The third-order valence-electron chi connectivity index (χ3n) is 3.63. The van der Waals surface area contributed by atoms with Gasteiger partial charge in [-0.2, -0.15) is 10.2 Å². The smallest absolute Gasteiger partial charge is 0.267 e. The molecule has 1 atom stereocenters. The number of amides is 1. The molecule has 0 aliphatic carbocycles. The topological polar surface area (TPSA) is 96.4 Å². The summed E-state index contributed by atoms with van der Waals surface area (Å²) >= 11 is 0. The maximum Gasteiger partial charge on any atom is 0.267 e. The summed E-state index contributed by atoms with van der Waals surface area (Å²) in [7, 11) is 1.86. The fraction of sp³-hybridized carbons (Fsp3) is 0.286. The summed E-state index contributed by atoms with van der Waals surface area (Å²) in [5.74, 6) is 0.451. The van der Waals surface area contributed by atoms with Crippen LogP contribution in [-0.4, -0.2) is 26.9 Å². The van der Waals surface area contributed by atoms with Gasteiger partial charge in [0.05, 0.1) is 17.9 Å². The third-order valence-corrected chi connectivity index (χ3v) is 3.63. The van der Waals surface area contributed by atoms with Crippen molar-refractivity contribution in [2.45, 2.75) is 19.0 Å². The number of nitrogens with two attached hydrogens (primary N) is 1. The van der Waals surface area contributed by atoms with E-state index in [1.54, 1.807) is 16.9 Å². The van der Waals surface area contributed by atoms with Gasteiger partial charge in [-0.1, -0.05) is 12.1 Å². The van der Waals surface area contributed by atoms with Crippen LogP contribution in [0, 0.1) is 0 Å². The van der Waals surface area contributed by atoms with Crippen molar-refractivity contribution in [3.8, 4) is 0 Å². The van der Waals surface area contributed by atoms with Gasteiger partial charge in [-0.3, -0.25) is 14.7 Å². The van der Waals surface area contributed by atoms with E-state index in [0.717, 1.165) is 16.9 Å². The molecule has 3 rings (SSSR count). The zero-order valence-corrected chi connectivity index (χ0v) is 11.7. The standard InChI is InChI=1S/C14H17N5O2/c1-18-13(4-5-17-18)16-8-9-2-3-12-10(6-9)7-11(15)14(20)19(12)21/h2-6,11,16,21H,7-8,15H2,1H3/t11-/m0/s1. The average Bonchev–Trinajstić information content (AvgIpc) is 2.88. The number of benzene rings is 1. The van der Waals surface area contributed by atoms with Gasteiger partial charge in [0.15, 0.2) is 0 Å². The maximum atomic E-state index is 11.6. The van der Waals surface area contributed by atoms with Gasteiger partial charge >= 0.3 is 0 Å². The van der Waals surface area contributed by atoms with Crippen molar-refractivity contribution in [2.75, 3.05) is 10.4 Å². The Kier molecular flexibility index (Phi) is 3.36. The molecule has 21 heavy (non-hydrogen) atoms. The lowest BCUT2D eigenvalue weighted by Crippen LogP contribution is -2.47. The highest BCUT2D eigenvalue weighted by atomic mass is 16.5. The second-order valence-corrected chi connectivity index (χ2v) is 5.12. The highest BCUT2D eigenvalue weighted by Crippen LogP contribution is 2.27. The molecule has 0 spiro atoms. The monoisotopic (exact) mass is 287 g/mol. The molecule has 2 heterocycles. The molecule has 1 aromatic heterocycles. The zero-order chi connectivity index (χ0) is 15.0. The summed E-state index contributed by atoms with van der Waals surface area (Å²) in [4.78, 5) is 11.6. The Bertz CT molecular complexity index is 682. The predicted molar refractivity (Wildman–Crippen MR) is 77.9 cm³/mol. The molecule has 0 bridgehead atoms. The molecule has 110 valence electrons. The third kappa shape index (κ3) is 2.48. The van der Waals surface area contributed by atoms with Crippen molar-refractivity contribution < 1.29 is 10.0 Å². The largest absolute Gasteiger partial charge is 0.366 e. The van der Waals surface area contributed by atoms with Gasteiger partial charge in [0.2, 0.25) is 0 Å². The van der Waals surface area contributed by atoms with Crippen LogP contribution in [0.25, 0.3) is 0 Å². The van der Waals surface area contributed by atoms with E-state index < -0.39 is 11.9 Å². The SMILES string of the molecule is Cn1nccc1NCc1ccc2c(c1)C[C@H](N)C(=O)N2O. The quantitative estimate of drug-likeness (QED) is 0.720. The molecule has 7 heteroatoms. The van der Waals surface area contributed by atoms with Gasteiger partial charge in [0, 0.05) is 19.7 Å². The highest BCUT2D eigenvalue weighted by molar-refractivity contribution is 5.98. The Labute approximate surface area is 121 Å². The minimum atomic E-state index is -0.692. The summed E-state index contributed by atoms with van der Waals surface area (Å²) in [5.41, 5.74) is 8.15. The van der Waals surface area contributed by atoms with Crippen LogP contribution in [-0.2, 0) is 24.8 Å². The zero-order valence-electron chi connectivity index (χ0n) is 11.7. The van der Waals surface area contributed by atoms with Crippen LogP contribution in [0.5, 0.6) is 0 Å². The first kappa shape index (κ1) is 13.6. The van der Waals surface area contributed by atoms with Gasteiger partial charge in [-0.25, -0.2) is 0 Å². The molecular weight excluding hydrogens is 270 g/mol. The summed E-state index contributed by atoms with van der Waals surface area (Å²) in [6.45, 7) is 0.626. The molecule has 1 aliphatic rings. The number of aromatic nitrogens is 2. The van der Waals surface area contributed by atoms with Crippen LogP contribution in [0.4, 0.5) is 11.5 Å². The molecule has 4 N–H and O–H groups in total. The van der Waals surface area contributed by atoms with E-state index in [9.17, 15) is 10.0 Å². The number of fused-ring (bicyclic) bond motifs is 1. The highest BCUT2D eigenvalue weighted by Gasteiger charge is 2.29. The number of nitrogens with zero attached hydrogens (tertiary/aromatic N) is 3. The number of carbonyl (C=O) groups excluding carboxylic acids is 1. The van der Waals surface area contributed by atoms with Crippen molar-refractivity contribution >= 4 is 17.4 Å². The summed E-state index contributed by atoms with van der Waals surface area (Å²) in [5, 5.41) is 17.8. The second kappa shape index (κ2) is 5.19. The minimum absolute atomic E-state index is 0.435. The van der Waals surface area contributed by atoms with Crippen LogP contribution in [0.3, 0.4) is 0 Å². The Morgan fingerprint density at radius 1 is 1.48 bits per heavy atom. The number of hydrogen-bond acceptors (Lipinski definition) is 5. The maximum absolute atomic E-state index is 11.6. The number of hydroxylamine groups is 1. The Morgan fingerprint density at radius 3 is 3.00 bits per heavy atom. The van der Waals surface area contributed by atoms with Gasteiger partial charge in [0.1, 0.15) is 5.82 Å². The average molecular weight is 287 g/mol. The summed E-state index contributed by atoms with van der Waals surface area (Å²) in [6.07, 6.45) is 2.16. The van der Waals surface area contributed by atoms with Gasteiger partial charge < -0.3 is 11.1 Å². The van der Waals surface area contributed by atoms with Crippen LogP contribution in [0.15, 0.2) is 30.5 Å². The van der Waals surface area contributed by atoms with Crippen molar-refractivity contribution in [3.63, 3.8) is 0 Å². The molecule has 1 aliphatic heterocycles. The van der Waals surface area contributed by atoms with E-state index in [4.69, 9.17) is 5.73 Å². The van der Waals surface area contributed by atoms with Crippen LogP contribution in [0.1, 0.15) is 11.1 Å². The van der Waals surface area contributed by atoms with E-state index in [0.29, 0.717) is 23.7 Å². The van der Waals surface area contributed by atoms with Gasteiger partial charge in [0.25, 0.3) is 5.91 Å². The molecule has 0 unspecified atom stereocenters. The van der Waals surface area contributed by atoms with Crippen LogP contribution < -0.4 is 16.1 Å². The van der Waals surface area contributed by atoms with Crippen LogP contribution >= 0.6 is 0 Å². The van der Waals surface area contributed by atoms with Crippen molar-refractivity contribution in [1.29, 1.82) is 0 Å². The normalized spacial score (nSPS) is 17.8. The van der Waals surface area contributed by atoms with E-state index in [-0.39, 0.29) is 0 Å². The first-order valence-electron chi connectivity index (χ1n) is 6.68. The first-order valence-corrected chi connectivity index (χ1v) is 6.68. The molecule has 0 fully saturated rings. The summed E-state index contributed by atoms with van der Waals surface area (Å²) in [6, 6.07) is 6.76. The molecule has 7 nitrogen and oxygen atoms in total. The molecule has 1 amide bonds. The first-order chi connectivity index (χ1) is 10.1. The fourth-order valence-electron chi connectivity index (χ4n) is 2.46. The summed E-state index contributed by atoms with van der Waals surface area (Å²) < 4.78 is 1.75. The van der Waals surface area contributed by atoms with Gasteiger partial charge in [-0.15, -0.1) is 0 Å². The molecular formula is C14H17N5O2. The molecule has 0 saturated carbocycles. The van der Waals surface area contributed by atoms with E-state index >= 15 is 0 Å². The minimum Gasteiger partial charge on any atom is -0.366 e. The fourth-order valence-corrected chi connectivity index (χ4v) is 2.46. The lowest BCUT2D eigenvalue weighted by molar-refractivity contribution is -0.125. The molecule has 0 radical (unpaired) electrons. The van der Waals surface area contributed by atoms with Crippen molar-refractivity contribution in [2.24, 2.45) is 12.8 Å². The lowest BCUT2D eigenvalue weighted by atomic mass is 9.97. The van der Waals surface area contributed by atoms with E-state index in [1.807, 2.05) is 25.2 Å². The number of anilines is 2. The predicted octanol–water partition coefficient (Wildman–Crippen LogP) is 0.638. The Hall–Kier alpha value is -2.38. The molecule has 1 aromatic carbocycles. The molecule has 0 saturated heterocycles. The number of nitrogens with one attached hydrogen (secondary N) is 1. The Morgan fingerprint density at radius 2 is 2.29 bits per heavy atom. The van der Waals surface area contributed by atoms with E-state index in [2.05, 4.69) is 10.4 Å². The Balaban J connectivity index is 1.79. The number of carbonyl (C=O) groups is 1. The van der Waals surface area contributed by atoms with Crippen molar-refractivity contribution in [3.05, 3.63) is 41.6 Å².